The highest BCUT2D eigenvalue weighted by molar-refractivity contribution is 5.74. The molecular weight excluding hydrogens is 622 g/mol. The standard InChI is InChI=1S/C9H11NO3.C6H9N3O2.C6H13NO2.C5H9NO2.C3H7NO2/c10-8(9(12)13)5-6-1-3-7(11)4-2-6;7-5(6(10)11)1-4-2-8-3-9-4;1-3-4(2)5(7)6(8)9;7-5(8)4-2-1-3-6-4;1-2(4)3(5)6/h1-4,8,11H,5,10H2,(H,12,13);2-3,5H,1,7H2,(H,8,9)(H,10,11);4-5H,3,7H2,1-2H3,(H,8,9);4,6H,1-3H2,(H,7,8);2H,4H2,1H3,(H,5,6)/t8-;5-;4-,5-;4-;2-/m00001/s1. The predicted octanol–water partition coefficient (Wildman–Crippen LogP) is -0.604. The summed E-state index contributed by atoms with van der Waals surface area (Å²) in [4.78, 5) is 57.1. The first-order valence-electron chi connectivity index (χ1n) is 14.5. The van der Waals surface area contributed by atoms with Crippen LogP contribution in [0.25, 0.3) is 0 Å². The number of nitrogens with one attached hydrogen (secondary N) is 2. The van der Waals surface area contributed by atoms with Crippen LogP contribution in [0.1, 0.15) is 51.3 Å². The first-order valence-corrected chi connectivity index (χ1v) is 14.5. The molecule has 266 valence electrons. The van der Waals surface area contributed by atoms with Crippen molar-refractivity contribution in [1.29, 1.82) is 0 Å². The van der Waals surface area contributed by atoms with Crippen molar-refractivity contribution in [3.63, 3.8) is 0 Å². The Kier molecular flexibility index (Phi) is 23.3. The first kappa shape index (κ1) is 44.5. The third-order valence-electron chi connectivity index (χ3n) is 6.30. The normalized spacial score (nSPS) is 16.2. The third kappa shape index (κ3) is 22.5. The predicted molar refractivity (Wildman–Crippen MR) is 170 cm³/mol. The van der Waals surface area contributed by atoms with Crippen LogP contribution >= 0.6 is 0 Å². The highest BCUT2D eigenvalue weighted by Crippen LogP contribution is 2.10. The van der Waals surface area contributed by atoms with E-state index in [4.69, 9.17) is 53.6 Å². The summed E-state index contributed by atoms with van der Waals surface area (Å²) in [5.74, 6) is -4.39. The van der Waals surface area contributed by atoms with Crippen molar-refractivity contribution in [3.05, 3.63) is 48.0 Å². The number of aromatic nitrogens is 2. The largest absolute Gasteiger partial charge is 0.508 e. The molecule has 1 aromatic carbocycles. The summed E-state index contributed by atoms with van der Waals surface area (Å²) >= 11 is 0. The number of aliphatic carboxylic acids is 5. The van der Waals surface area contributed by atoms with E-state index in [2.05, 4.69) is 15.3 Å². The number of nitrogens with two attached hydrogens (primary N) is 4. The Bertz CT molecular complexity index is 1190. The van der Waals surface area contributed by atoms with Crippen LogP contribution in [0.5, 0.6) is 5.75 Å². The zero-order valence-electron chi connectivity index (χ0n) is 26.7. The van der Waals surface area contributed by atoms with Gasteiger partial charge in [0.1, 0.15) is 36.0 Å². The number of phenols is 1. The maximum atomic E-state index is 10.4. The van der Waals surface area contributed by atoms with E-state index >= 15 is 0 Å². The fourth-order valence-electron chi connectivity index (χ4n) is 3.08. The van der Waals surface area contributed by atoms with Gasteiger partial charge in [-0.2, -0.15) is 0 Å². The van der Waals surface area contributed by atoms with E-state index in [1.807, 2.05) is 13.8 Å². The quantitative estimate of drug-likeness (QED) is 0.142. The van der Waals surface area contributed by atoms with Crippen LogP contribution in [0.2, 0.25) is 0 Å². The molecule has 18 heteroatoms. The molecule has 1 saturated heterocycles. The summed E-state index contributed by atoms with van der Waals surface area (Å²) in [5.41, 5.74) is 22.2. The van der Waals surface area contributed by atoms with Crippen molar-refractivity contribution in [2.45, 2.75) is 83.1 Å². The SMILES string of the molecule is CC[C@H](C)[C@H](N)C(=O)O.C[C@@H](N)C(=O)O.N[C@@H](Cc1c[nH]cn1)C(=O)O.N[C@@H](Cc1ccc(O)cc1)C(=O)O.O=C(O)[C@@H]1CCCN1. The molecule has 0 spiro atoms. The van der Waals surface area contributed by atoms with Gasteiger partial charge in [0.15, 0.2) is 0 Å². The molecule has 1 aliphatic heterocycles. The maximum Gasteiger partial charge on any atom is 0.320 e. The van der Waals surface area contributed by atoms with Gasteiger partial charge in [-0.3, -0.25) is 24.0 Å². The summed E-state index contributed by atoms with van der Waals surface area (Å²) in [6.07, 6.45) is 6.25. The summed E-state index contributed by atoms with van der Waals surface area (Å²) < 4.78 is 0. The van der Waals surface area contributed by atoms with Gasteiger partial charge in [0.05, 0.1) is 12.0 Å². The van der Waals surface area contributed by atoms with E-state index in [0.29, 0.717) is 5.69 Å². The molecule has 0 amide bonds. The van der Waals surface area contributed by atoms with E-state index in [1.165, 1.54) is 25.4 Å². The fraction of sp³-hybridized carbons (Fsp3) is 0.517. The number of phenolic OH excluding ortho intramolecular Hbond substituents is 1. The van der Waals surface area contributed by atoms with E-state index in [0.717, 1.165) is 31.4 Å². The van der Waals surface area contributed by atoms with Crippen molar-refractivity contribution >= 4 is 29.8 Å². The van der Waals surface area contributed by atoms with Crippen LogP contribution in [-0.4, -0.2) is 107 Å². The Hall–Kier alpha value is -4.62. The van der Waals surface area contributed by atoms with Crippen LogP contribution in [0.3, 0.4) is 0 Å². The van der Waals surface area contributed by atoms with Crippen LogP contribution in [0.15, 0.2) is 36.8 Å². The van der Waals surface area contributed by atoms with Gasteiger partial charge in [0.2, 0.25) is 0 Å². The molecule has 0 unspecified atom stereocenters. The van der Waals surface area contributed by atoms with Crippen molar-refractivity contribution in [2.24, 2.45) is 28.9 Å². The van der Waals surface area contributed by atoms with Crippen LogP contribution in [0.4, 0.5) is 0 Å². The average molecular weight is 672 g/mol. The monoisotopic (exact) mass is 671 g/mol. The molecule has 3 rings (SSSR count). The Morgan fingerprint density at radius 3 is 1.66 bits per heavy atom. The number of hydrogen-bond donors (Lipinski definition) is 12. The summed E-state index contributed by atoms with van der Waals surface area (Å²) in [6, 6.07) is 2.86. The first-order chi connectivity index (χ1) is 21.8. The highest BCUT2D eigenvalue weighted by Gasteiger charge is 2.20. The minimum absolute atomic E-state index is 0.0718. The second-order valence-electron chi connectivity index (χ2n) is 10.4. The Labute approximate surface area is 272 Å². The van der Waals surface area contributed by atoms with Crippen LogP contribution in [-0.2, 0) is 36.8 Å². The molecular formula is C29H49N7O11. The molecule has 0 bridgehead atoms. The average Bonchev–Trinajstić information content (AvgIpc) is 3.74. The van der Waals surface area contributed by atoms with E-state index in [-0.39, 0.29) is 30.6 Å². The van der Waals surface area contributed by atoms with Crippen molar-refractivity contribution in [3.8, 4) is 5.75 Å². The zero-order chi connectivity index (χ0) is 36.7. The molecule has 0 aliphatic carbocycles. The smallest absolute Gasteiger partial charge is 0.320 e. The van der Waals surface area contributed by atoms with Crippen molar-refractivity contribution in [1.82, 2.24) is 15.3 Å². The number of nitrogens with zero attached hydrogens (tertiary/aromatic N) is 1. The number of aromatic hydroxyl groups is 1. The minimum Gasteiger partial charge on any atom is -0.508 e. The second-order valence-corrected chi connectivity index (χ2v) is 10.4. The lowest BCUT2D eigenvalue weighted by Crippen LogP contribution is -2.36. The van der Waals surface area contributed by atoms with Gasteiger partial charge < -0.3 is 63.9 Å². The number of carboxylic acid groups (broad SMARTS) is 5. The third-order valence-corrected chi connectivity index (χ3v) is 6.30. The minimum atomic E-state index is -1.02. The molecule has 2 heterocycles. The number of benzene rings is 1. The molecule has 1 fully saturated rings. The molecule has 6 atom stereocenters. The van der Waals surface area contributed by atoms with Crippen LogP contribution in [0, 0.1) is 5.92 Å². The zero-order valence-corrected chi connectivity index (χ0v) is 26.7. The van der Waals surface area contributed by atoms with Gasteiger partial charge in [0, 0.05) is 12.6 Å². The van der Waals surface area contributed by atoms with Gasteiger partial charge in [-0.25, -0.2) is 4.98 Å². The van der Waals surface area contributed by atoms with E-state index in [9.17, 15) is 24.0 Å². The van der Waals surface area contributed by atoms with Gasteiger partial charge in [-0.1, -0.05) is 32.4 Å². The second kappa shape index (κ2) is 24.6. The Morgan fingerprint density at radius 1 is 0.851 bits per heavy atom. The number of rotatable bonds is 11. The number of carboxylic acids is 5. The molecule has 16 N–H and O–H groups in total. The lowest BCUT2D eigenvalue weighted by molar-refractivity contribution is -0.140. The van der Waals surface area contributed by atoms with E-state index < -0.39 is 54.0 Å². The Balaban J connectivity index is 0. The topological polar surface area (TPSA) is 352 Å². The number of aromatic amines is 1. The van der Waals surface area contributed by atoms with Crippen molar-refractivity contribution < 1.29 is 54.6 Å². The van der Waals surface area contributed by atoms with Crippen LogP contribution < -0.4 is 28.3 Å². The molecule has 2 aromatic rings. The van der Waals surface area contributed by atoms with Gasteiger partial charge in [-0.05, 0) is 56.3 Å². The molecule has 47 heavy (non-hydrogen) atoms. The Morgan fingerprint density at radius 2 is 1.36 bits per heavy atom. The summed E-state index contributed by atoms with van der Waals surface area (Å²) in [7, 11) is 0. The lowest BCUT2D eigenvalue weighted by atomic mass is 10.0. The highest BCUT2D eigenvalue weighted by atomic mass is 16.4. The number of imidazole rings is 1. The number of hydrogen-bond acceptors (Lipinski definition) is 12. The van der Waals surface area contributed by atoms with E-state index in [1.54, 1.807) is 18.3 Å². The number of carbonyl (C=O) groups is 5. The maximum absolute atomic E-state index is 10.4. The molecule has 1 aliphatic rings. The van der Waals surface area contributed by atoms with Crippen molar-refractivity contribution in [2.75, 3.05) is 6.54 Å². The van der Waals surface area contributed by atoms with Gasteiger partial charge in [-0.15, -0.1) is 0 Å². The summed E-state index contributed by atoms with van der Waals surface area (Å²) in [5, 5.41) is 53.3. The fourth-order valence-corrected chi connectivity index (χ4v) is 3.08. The molecule has 1 aromatic heterocycles. The van der Waals surface area contributed by atoms with Gasteiger partial charge >= 0.3 is 29.8 Å². The number of H-pyrrole nitrogens is 1. The molecule has 0 radical (unpaired) electrons. The van der Waals surface area contributed by atoms with Gasteiger partial charge in [0.25, 0.3) is 0 Å². The molecule has 18 nitrogen and oxygen atoms in total. The molecule has 0 saturated carbocycles. The lowest BCUT2D eigenvalue weighted by Gasteiger charge is -2.11. The summed E-state index contributed by atoms with van der Waals surface area (Å²) in [6.45, 7) is 6.03.